The third kappa shape index (κ3) is 4.11. The van der Waals surface area contributed by atoms with E-state index in [4.69, 9.17) is 14.4 Å². The minimum absolute atomic E-state index is 0.0100. The summed E-state index contributed by atoms with van der Waals surface area (Å²) in [5.41, 5.74) is 1.16. The van der Waals surface area contributed by atoms with Crippen LogP contribution in [0.4, 0.5) is 5.13 Å². The Kier molecular flexibility index (Phi) is 5.51. The Bertz CT molecular complexity index is 1080. The van der Waals surface area contributed by atoms with Crippen molar-refractivity contribution in [1.29, 1.82) is 5.26 Å². The molecule has 2 aromatic heterocycles. The van der Waals surface area contributed by atoms with E-state index in [-0.39, 0.29) is 11.7 Å². The maximum atomic E-state index is 13.1. The molecule has 0 atom stereocenters. The number of benzene rings is 1. The Hall–Kier alpha value is -3.28. The highest BCUT2D eigenvalue weighted by molar-refractivity contribution is 7.18. The Morgan fingerprint density at radius 2 is 2.03 bits per heavy atom. The molecule has 8 heteroatoms. The average Bonchev–Trinajstić information content (AvgIpc) is 3.44. The van der Waals surface area contributed by atoms with E-state index in [1.807, 2.05) is 6.07 Å². The number of carbonyl (C=O) groups excluding carboxylic acids is 2. The van der Waals surface area contributed by atoms with Crippen molar-refractivity contribution in [3.8, 4) is 17.5 Å². The third-order valence-corrected chi connectivity index (χ3v) is 5.66. The number of hydrogen-bond donors (Lipinski definition) is 1. The topological polar surface area (TPSA) is 105 Å². The molecule has 3 aromatic rings. The first-order valence-electron chi connectivity index (χ1n) is 9.14. The number of rotatable bonds is 5. The van der Waals surface area contributed by atoms with Crippen molar-refractivity contribution in [2.45, 2.75) is 12.8 Å². The number of ether oxygens (including phenoxy) is 1. The van der Waals surface area contributed by atoms with Crippen molar-refractivity contribution in [2.75, 3.05) is 18.5 Å². The van der Waals surface area contributed by atoms with Gasteiger partial charge in [0.25, 0.3) is 5.91 Å². The van der Waals surface area contributed by atoms with Crippen molar-refractivity contribution >= 4 is 28.2 Å². The van der Waals surface area contributed by atoms with Crippen LogP contribution in [0.25, 0.3) is 11.5 Å². The minimum atomic E-state index is -0.396. The molecule has 3 heterocycles. The van der Waals surface area contributed by atoms with Gasteiger partial charge in [-0.05, 0) is 43.2 Å². The summed E-state index contributed by atoms with van der Waals surface area (Å²) in [6.07, 6.45) is 2.84. The van der Waals surface area contributed by atoms with Gasteiger partial charge in [-0.1, -0.05) is 17.4 Å². The third-order valence-electron chi connectivity index (χ3n) is 4.67. The lowest BCUT2D eigenvalue weighted by atomic mass is 9.94. The van der Waals surface area contributed by atoms with E-state index in [9.17, 15) is 9.59 Å². The van der Waals surface area contributed by atoms with E-state index in [1.165, 1.54) is 12.3 Å². The summed E-state index contributed by atoms with van der Waals surface area (Å²) in [5, 5.41) is 12.1. The number of nitriles is 1. The van der Waals surface area contributed by atoms with Crippen LogP contribution in [0, 0.1) is 17.2 Å². The van der Waals surface area contributed by atoms with Crippen molar-refractivity contribution in [3.63, 3.8) is 0 Å². The van der Waals surface area contributed by atoms with E-state index in [0.717, 1.165) is 11.3 Å². The van der Waals surface area contributed by atoms with Crippen LogP contribution < -0.4 is 5.32 Å². The van der Waals surface area contributed by atoms with Crippen molar-refractivity contribution in [3.05, 3.63) is 58.7 Å². The molecule has 0 spiro atoms. The van der Waals surface area contributed by atoms with Crippen molar-refractivity contribution in [2.24, 2.45) is 5.92 Å². The molecule has 1 amide bonds. The van der Waals surface area contributed by atoms with E-state index in [2.05, 4.69) is 10.3 Å². The van der Waals surface area contributed by atoms with Gasteiger partial charge in [-0.2, -0.15) is 5.26 Å². The first-order valence-corrected chi connectivity index (χ1v) is 9.95. The number of thiazole rings is 1. The largest absolute Gasteiger partial charge is 0.463 e. The van der Waals surface area contributed by atoms with Crippen LogP contribution in [-0.2, 0) is 4.74 Å². The number of hydrogen-bond acceptors (Lipinski definition) is 7. The van der Waals surface area contributed by atoms with E-state index >= 15 is 0 Å². The van der Waals surface area contributed by atoms with Gasteiger partial charge in [-0.15, -0.1) is 0 Å². The van der Waals surface area contributed by atoms with Gasteiger partial charge in [0.05, 0.1) is 17.9 Å². The summed E-state index contributed by atoms with van der Waals surface area (Å²) >= 11 is 1.13. The predicted octanol–water partition coefficient (Wildman–Crippen LogP) is 4.14. The fraction of sp³-hybridized carbons (Fsp3) is 0.238. The number of amides is 1. The van der Waals surface area contributed by atoms with Gasteiger partial charge in [0, 0.05) is 24.7 Å². The van der Waals surface area contributed by atoms with Crippen LogP contribution in [0.1, 0.15) is 38.4 Å². The molecule has 1 saturated heterocycles. The Labute approximate surface area is 170 Å². The molecule has 1 aliphatic rings. The van der Waals surface area contributed by atoms with Gasteiger partial charge in [0.2, 0.25) is 0 Å². The van der Waals surface area contributed by atoms with Crippen LogP contribution in [0.2, 0.25) is 0 Å². The Balaban J connectivity index is 1.63. The molecule has 1 aliphatic heterocycles. The molecular formula is C21H17N3O4S. The SMILES string of the molecule is N#Cc1cccc(C(=O)Nc2nc(-c3ccco3)c(C(=O)C3CCOCC3)s2)c1. The molecular weight excluding hydrogens is 390 g/mol. The zero-order valence-corrected chi connectivity index (χ0v) is 16.2. The van der Waals surface area contributed by atoms with E-state index < -0.39 is 5.91 Å². The zero-order chi connectivity index (χ0) is 20.2. The molecule has 7 nitrogen and oxygen atoms in total. The van der Waals surface area contributed by atoms with Gasteiger partial charge in [0.1, 0.15) is 10.6 Å². The second-order valence-electron chi connectivity index (χ2n) is 6.57. The number of nitrogens with one attached hydrogen (secondary N) is 1. The van der Waals surface area contributed by atoms with Crippen LogP contribution in [-0.4, -0.2) is 29.9 Å². The molecule has 0 bridgehead atoms. The highest BCUT2D eigenvalue weighted by Gasteiger charge is 2.29. The summed E-state index contributed by atoms with van der Waals surface area (Å²) < 4.78 is 10.8. The number of Topliss-reactive ketones (excluding diaryl/α,β-unsaturated/α-hetero) is 1. The Morgan fingerprint density at radius 1 is 1.21 bits per heavy atom. The second kappa shape index (κ2) is 8.39. The molecule has 0 radical (unpaired) electrons. The van der Waals surface area contributed by atoms with Gasteiger partial charge >= 0.3 is 0 Å². The lowest BCUT2D eigenvalue weighted by Crippen LogP contribution is -2.23. The minimum Gasteiger partial charge on any atom is -0.463 e. The monoisotopic (exact) mass is 407 g/mol. The molecule has 146 valence electrons. The van der Waals surface area contributed by atoms with Gasteiger partial charge in [-0.3, -0.25) is 14.9 Å². The Morgan fingerprint density at radius 3 is 2.76 bits per heavy atom. The fourth-order valence-corrected chi connectivity index (χ4v) is 4.15. The lowest BCUT2D eigenvalue weighted by molar-refractivity contribution is 0.0547. The highest BCUT2D eigenvalue weighted by atomic mass is 32.1. The number of carbonyl (C=O) groups is 2. The number of nitrogens with zero attached hydrogens (tertiary/aromatic N) is 2. The number of furan rings is 1. The molecule has 1 aromatic carbocycles. The maximum Gasteiger partial charge on any atom is 0.257 e. The zero-order valence-electron chi connectivity index (χ0n) is 15.4. The molecule has 0 saturated carbocycles. The molecule has 29 heavy (non-hydrogen) atoms. The molecule has 0 unspecified atom stereocenters. The summed E-state index contributed by atoms with van der Waals surface area (Å²) in [5.74, 6) is -0.0616. The number of ketones is 1. The second-order valence-corrected chi connectivity index (χ2v) is 7.57. The lowest BCUT2D eigenvalue weighted by Gasteiger charge is -2.20. The van der Waals surface area contributed by atoms with Crippen LogP contribution in [0.3, 0.4) is 0 Å². The van der Waals surface area contributed by atoms with Crippen molar-refractivity contribution < 1.29 is 18.7 Å². The van der Waals surface area contributed by atoms with E-state index in [0.29, 0.717) is 58.6 Å². The predicted molar refractivity (Wildman–Crippen MR) is 107 cm³/mol. The van der Waals surface area contributed by atoms with E-state index in [1.54, 1.807) is 30.3 Å². The van der Waals surface area contributed by atoms with Crippen LogP contribution >= 0.6 is 11.3 Å². The maximum absolute atomic E-state index is 13.1. The summed E-state index contributed by atoms with van der Waals surface area (Å²) in [4.78, 5) is 30.6. The average molecular weight is 407 g/mol. The molecule has 4 rings (SSSR count). The molecule has 1 N–H and O–H groups in total. The smallest absolute Gasteiger partial charge is 0.257 e. The quantitative estimate of drug-likeness (QED) is 0.638. The van der Waals surface area contributed by atoms with Gasteiger partial charge in [-0.25, -0.2) is 4.98 Å². The van der Waals surface area contributed by atoms with Crippen LogP contribution in [0.5, 0.6) is 0 Å². The summed E-state index contributed by atoms with van der Waals surface area (Å²) in [6, 6.07) is 11.9. The standard InChI is InChI=1S/C21H17N3O4S/c22-12-13-3-1-4-15(11-13)20(26)24-21-23-17(16-5-2-8-28-16)19(29-21)18(25)14-6-9-27-10-7-14/h1-5,8,11,14H,6-7,9-10H2,(H,23,24,26). The highest BCUT2D eigenvalue weighted by Crippen LogP contribution is 2.35. The number of aromatic nitrogens is 1. The van der Waals surface area contributed by atoms with Crippen molar-refractivity contribution in [1.82, 2.24) is 4.98 Å². The van der Waals surface area contributed by atoms with Crippen LogP contribution in [0.15, 0.2) is 47.1 Å². The first kappa shape index (κ1) is 19.1. The fourth-order valence-electron chi connectivity index (χ4n) is 3.17. The normalized spacial score (nSPS) is 14.3. The summed E-state index contributed by atoms with van der Waals surface area (Å²) in [7, 11) is 0. The molecule has 1 fully saturated rings. The number of anilines is 1. The first-order chi connectivity index (χ1) is 14.2. The van der Waals surface area contributed by atoms with Gasteiger partial charge in [0.15, 0.2) is 16.7 Å². The van der Waals surface area contributed by atoms with Gasteiger partial charge < -0.3 is 9.15 Å². The summed E-state index contributed by atoms with van der Waals surface area (Å²) in [6.45, 7) is 1.12. The molecule has 0 aliphatic carbocycles.